The number of rotatable bonds is 9. The second kappa shape index (κ2) is 10.4. The molecule has 0 saturated heterocycles. The highest BCUT2D eigenvalue weighted by Gasteiger charge is 2.21. The number of hydrogen-bond donors (Lipinski definition) is 1. The number of nitrogens with one attached hydrogen (secondary N) is 1. The number of amides is 2. The number of para-hydroxylation sites is 2. The molecule has 158 valence electrons. The summed E-state index contributed by atoms with van der Waals surface area (Å²) in [5.74, 6) is 1.43. The summed E-state index contributed by atoms with van der Waals surface area (Å²) in [6, 6.07) is 7.96. The average Bonchev–Trinajstić information content (AvgIpc) is 3.10. The van der Waals surface area contributed by atoms with Crippen molar-refractivity contribution in [2.24, 2.45) is 5.92 Å². The van der Waals surface area contributed by atoms with Crippen molar-refractivity contribution in [1.82, 2.24) is 19.8 Å². The molecule has 0 spiro atoms. The highest BCUT2D eigenvalue weighted by atomic mass is 16.2. The van der Waals surface area contributed by atoms with Gasteiger partial charge in [0.15, 0.2) is 0 Å². The maximum absolute atomic E-state index is 12.7. The molecule has 0 aliphatic heterocycles. The van der Waals surface area contributed by atoms with Crippen LogP contribution in [0.15, 0.2) is 24.3 Å². The van der Waals surface area contributed by atoms with E-state index in [0.29, 0.717) is 26.2 Å². The minimum atomic E-state index is 0.116. The molecule has 1 aromatic heterocycles. The van der Waals surface area contributed by atoms with Crippen LogP contribution in [0.3, 0.4) is 0 Å². The Morgan fingerprint density at radius 2 is 1.86 bits per heavy atom. The van der Waals surface area contributed by atoms with E-state index in [1.165, 1.54) is 19.3 Å². The van der Waals surface area contributed by atoms with Gasteiger partial charge in [0, 0.05) is 32.0 Å². The van der Waals surface area contributed by atoms with Gasteiger partial charge in [-0.1, -0.05) is 31.4 Å². The van der Waals surface area contributed by atoms with Crippen LogP contribution in [0.2, 0.25) is 0 Å². The summed E-state index contributed by atoms with van der Waals surface area (Å²) in [6.07, 6.45) is 7.20. The van der Waals surface area contributed by atoms with Gasteiger partial charge in [-0.15, -0.1) is 0 Å². The maximum atomic E-state index is 12.7. The molecule has 0 atom stereocenters. The summed E-state index contributed by atoms with van der Waals surface area (Å²) < 4.78 is 2.04. The summed E-state index contributed by atoms with van der Waals surface area (Å²) in [4.78, 5) is 31.6. The fourth-order valence-electron chi connectivity index (χ4n) is 4.27. The van der Waals surface area contributed by atoms with Crippen molar-refractivity contribution in [1.29, 1.82) is 0 Å². The zero-order valence-electron chi connectivity index (χ0n) is 17.8. The van der Waals surface area contributed by atoms with Gasteiger partial charge >= 0.3 is 0 Å². The summed E-state index contributed by atoms with van der Waals surface area (Å²) in [7, 11) is 0. The van der Waals surface area contributed by atoms with E-state index in [9.17, 15) is 9.59 Å². The zero-order chi connectivity index (χ0) is 20.6. The second-order valence-electron chi connectivity index (χ2n) is 7.90. The number of hydrogen-bond acceptors (Lipinski definition) is 3. The predicted octanol–water partition coefficient (Wildman–Crippen LogP) is 3.53. The van der Waals surface area contributed by atoms with E-state index in [4.69, 9.17) is 4.98 Å². The number of aryl methyl sites for hydroxylation is 1. The quantitative estimate of drug-likeness (QED) is 0.657. The van der Waals surface area contributed by atoms with Crippen LogP contribution < -0.4 is 5.32 Å². The molecule has 29 heavy (non-hydrogen) atoms. The predicted molar refractivity (Wildman–Crippen MR) is 116 cm³/mol. The number of carbonyl (C=O) groups excluding carboxylic acids is 2. The van der Waals surface area contributed by atoms with Gasteiger partial charge < -0.3 is 14.8 Å². The molecule has 1 fully saturated rings. The zero-order valence-corrected chi connectivity index (χ0v) is 17.8. The normalized spacial score (nSPS) is 14.8. The van der Waals surface area contributed by atoms with Crippen molar-refractivity contribution < 1.29 is 9.59 Å². The Hall–Kier alpha value is -2.37. The largest absolute Gasteiger partial charge is 0.356 e. The van der Waals surface area contributed by atoms with Crippen LogP contribution >= 0.6 is 0 Å². The van der Waals surface area contributed by atoms with E-state index in [1.807, 2.05) is 47.6 Å². The van der Waals surface area contributed by atoms with Gasteiger partial charge in [-0.2, -0.15) is 0 Å². The Balaban J connectivity index is 1.62. The Morgan fingerprint density at radius 1 is 1.14 bits per heavy atom. The molecule has 0 radical (unpaired) electrons. The van der Waals surface area contributed by atoms with Crippen LogP contribution in [-0.4, -0.2) is 45.9 Å². The van der Waals surface area contributed by atoms with Gasteiger partial charge in [-0.3, -0.25) is 9.59 Å². The third-order valence-electron chi connectivity index (χ3n) is 6.00. The van der Waals surface area contributed by atoms with Crippen molar-refractivity contribution in [2.45, 2.75) is 65.3 Å². The average molecular weight is 399 g/mol. The number of carbonyl (C=O) groups is 2. The number of aromatic nitrogens is 2. The van der Waals surface area contributed by atoms with Crippen LogP contribution in [-0.2, 0) is 22.6 Å². The molecular formula is C23H34N4O2. The van der Waals surface area contributed by atoms with Crippen molar-refractivity contribution in [3.8, 4) is 0 Å². The summed E-state index contributed by atoms with van der Waals surface area (Å²) >= 11 is 0. The first-order valence-electron chi connectivity index (χ1n) is 11.1. The number of fused-ring (bicyclic) bond motifs is 1. The highest BCUT2D eigenvalue weighted by Crippen LogP contribution is 2.23. The Kier molecular flexibility index (Phi) is 7.67. The fraction of sp³-hybridized carbons (Fsp3) is 0.609. The smallest absolute Gasteiger partial charge is 0.242 e. The lowest BCUT2D eigenvalue weighted by molar-refractivity contribution is -0.131. The first-order chi connectivity index (χ1) is 14.1. The van der Waals surface area contributed by atoms with Crippen molar-refractivity contribution in [3.63, 3.8) is 0 Å². The molecule has 6 heteroatoms. The third kappa shape index (κ3) is 5.37. The monoisotopic (exact) mass is 398 g/mol. The van der Waals surface area contributed by atoms with Crippen LogP contribution in [0.4, 0.5) is 0 Å². The first-order valence-corrected chi connectivity index (χ1v) is 11.1. The molecule has 0 bridgehead atoms. The molecular weight excluding hydrogens is 364 g/mol. The molecule has 1 aliphatic rings. The van der Waals surface area contributed by atoms with E-state index < -0.39 is 0 Å². The molecule has 1 saturated carbocycles. The van der Waals surface area contributed by atoms with E-state index in [-0.39, 0.29) is 17.7 Å². The maximum Gasteiger partial charge on any atom is 0.242 e. The Bertz CT molecular complexity index is 819. The summed E-state index contributed by atoms with van der Waals surface area (Å²) in [5, 5.41) is 3.10. The molecule has 1 N–H and O–H groups in total. The Labute approximate surface area is 173 Å². The fourth-order valence-corrected chi connectivity index (χ4v) is 4.27. The molecule has 1 aromatic carbocycles. The SMILES string of the molecule is CCN(CC)C(=O)Cn1c(CCCNC(=O)C2CCCCC2)nc2ccccc21. The van der Waals surface area contributed by atoms with Gasteiger partial charge in [0.25, 0.3) is 0 Å². The second-order valence-corrected chi connectivity index (χ2v) is 7.90. The molecule has 3 rings (SSSR count). The molecule has 6 nitrogen and oxygen atoms in total. The lowest BCUT2D eigenvalue weighted by atomic mass is 9.89. The van der Waals surface area contributed by atoms with Gasteiger partial charge in [-0.05, 0) is 45.2 Å². The van der Waals surface area contributed by atoms with E-state index in [1.54, 1.807) is 0 Å². The van der Waals surface area contributed by atoms with Crippen molar-refractivity contribution >= 4 is 22.8 Å². The molecule has 0 unspecified atom stereocenters. The Morgan fingerprint density at radius 3 is 2.59 bits per heavy atom. The van der Waals surface area contributed by atoms with Gasteiger partial charge in [0.1, 0.15) is 12.4 Å². The highest BCUT2D eigenvalue weighted by molar-refractivity contribution is 5.81. The van der Waals surface area contributed by atoms with Crippen LogP contribution in [0, 0.1) is 5.92 Å². The third-order valence-corrected chi connectivity index (χ3v) is 6.00. The minimum Gasteiger partial charge on any atom is -0.356 e. The minimum absolute atomic E-state index is 0.116. The van der Waals surface area contributed by atoms with E-state index >= 15 is 0 Å². The van der Waals surface area contributed by atoms with Crippen LogP contribution in [0.1, 0.15) is 58.2 Å². The first kappa shape index (κ1) is 21.3. The topological polar surface area (TPSA) is 67.2 Å². The lowest BCUT2D eigenvalue weighted by Gasteiger charge is -2.21. The molecule has 2 aromatic rings. The summed E-state index contributed by atoms with van der Waals surface area (Å²) in [6.45, 7) is 6.40. The van der Waals surface area contributed by atoms with E-state index in [0.717, 1.165) is 42.5 Å². The van der Waals surface area contributed by atoms with Gasteiger partial charge in [0.2, 0.25) is 11.8 Å². The number of nitrogens with zero attached hydrogens (tertiary/aromatic N) is 3. The molecule has 2 amide bonds. The van der Waals surface area contributed by atoms with E-state index in [2.05, 4.69) is 5.32 Å². The number of imidazole rings is 1. The molecule has 1 aliphatic carbocycles. The summed E-state index contributed by atoms with van der Waals surface area (Å²) in [5.41, 5.74) is 1.91. The van der Waals surface area contributed by atoms with Crippen molar-refractivity contribution in [3.05, 3.63) is 30.1 Å². The van der Waals surface area contributed by atoms with Gasteiger partial charge in [0.05, 0.1) is 11.0 Å². The van der Waals surface area contributed by atoms with Crippen LogP contribution in [0.5, 0.6) is 0 Å². The van der Waals surface area contributed by atoms with Gasteiger partial charge in [-0.25, -0.2) is 4.98 Å². The van der Waals surface area contributed by atoms with Crippen molar-refractivity contribution in [2.75, 3.05) is 19.6 Å². The number of benzene rings is 1. The lowest BCUT2D eigenvalue weighted by Crippen LogP contribution is -2.34. The molecule has 1 heterocycles. The standard InChI is InChI=1S/C23H34N4O2/c1-3-26(4-2)22(28)17-27-20-14-9-8-13-19(20)25-21(27)15-10-16-24-23(29)18-11-6-5-7-12-18/h8-9,13-14,18H,3-7,10-12,15-17H2,1-2H3,(H,24,29). The number of likely N-dealkylation sites (N-methyl/N-ethyl adjacent to an activating group) is 1. The van der Waals surface area contributed by atoms with Crippen LogP contribution in [0.25, 0.3) is 11.0 Å².